The van der Waals surface area contributed by atoms with Crippen molar-refractivity contribution in [3.63, 3.8) is 0 Å². The summed E-state index contributed by atoms with van der Waals surface area (Å²) < 4.78 is 5.07. The van der Waals surface area contributed by atoms with Crippen LogP contribution in [0.4, 0.5) is 4.79 Å². The first kappa shape index (κ1) is 22.2. The van der Waals surface area contributed by atoms with Crippen molar-refractivity contribution in [2.45, 2.75) is 83.3 Å². The van der Waals surface area contributed by atoms with E-state index in [9.17, 15) is 24.0 Å². The van der Waals surface area contributed by atoms with Gasteiger partial charge in [0.05, 0.1) is 18.3 Å². The number of fused-ring (bicyclic) bond motifs is 1. The van der Waals surface area contributed by atoms with Gasteiger partial charge in [0, 0.05) is 12.6 Å². The van der Waals surface area contributed by atoms with Crippen molar-refractivity contribution in [3.8, 4) is 0 Å². The van der Waals surface area contributed by atoms with Crippen LogP contribution in [0.2, 0.25) is 0 Å². The van der Waals surface area contributed by atoms with Crippen LogP contribution in [0.15, 0.2) is 0 Å². The number of hydrogen-bond acceptors (Lipinski definition) is 6. The summed E-state index contributed by atoms with van der Waals surface area (Å²) in [6.07, 6.45) is 7.03. The maximum Gasteiger partial charge on any atom is 0.321 e. The lowest BCUT2D eigenvalue weighted by Crippen LogP contribution is -2.48. The van der Waals surface area contributed by atoms with Gasteiger partial charge in [-0.3, -0.25) is 29.4 Å². The molecule has 0 spiro atoms. The average molecular weight is 421 g/mol. The van der Waals surface area contributed by atoms with Gasteiger partial charge in [0.15, 0.2) is 6.10 Å². The van der Waals surface area contributed by atoms with Gasteiger partial charge in [-0.15, -0.1) is 0 Å². The number of likely N-dealkylation sites (tertiary alicyclic amines) is 1. The number of carbonyl (C=O) groups is 5. The lowest BCUT2D eigenvalue weighted by atomic mass is 9.81. The van der Waals surface area contributed by atoms with Crippen LogP contribution in [0.1, 0.15) is 71.1 Å². The zero-order valence-electron chi connectivity index (χ0n) is 17.5. The summed E-state index contributed by atoms with van der Waals surface area (Å²) in [6, 6.07) is -0.533. The van der Waals surface area contributed by atoms with Gasteiger partial charge in [0.25, 0.3) is 5.91 Å². The molecule has 0 bridgehead atoms. The highest BCUT2D eigenvalue weighted by molar-refractivity contribution is 6.05. The molecule has 2 aliphatic carbocycles. The molecule has 1 heterocycles. The molecule has 0 aromatic heterocycles. The Morgan fingerprint density at radius 3 is 2.13 bits per heavy atom. The fraction of sp³-hybridized carbons (Fsp3) is 0.762. The van der Waals surface area contributed by atoms with Gasteiger partial charge in [-0.25, -0.2) is 4.79 Å². The van der Waals surface area contributed by atoms with Gasteiger partial charge in [-0.05, 0) is 32.6 Å². The van der Waals surface area contributed by atoms with E-state index in [1.165, 1.54) is 6.92 Å². The second-order valence-electron chi connectivity index (χ2n) is 8.51. The van der Waals surface area contributed by atoms with Crippen LogP contribution in [-0.4, -0.2) is 53.3 Å². The van der Waals surface area contributed by atoms with Gasteiger partial charge >= 0.3 is 12.0 Å². The number of carbonyl (C=O) groups excluding carboxylic acids is 5. The summed E-state index contributed by atoms with van der Waals surface area (Å²) in [5.74, 6) is -2.33. The van der Waals surface area contributed by atoms with Crippen LogP contribution in [0, 0.1) is 11.8 Å². The maximum atomic E-state index is 12.4. The van der Waals surface area contributed by atoms with Gasteiger partial charge in [-0.2, -0.15) is 0 Å². The Labute approximate surface area is 176 Å². The molecule has 3 rings (SSSR count). The standard InChI is InChI=1S/C21H31N3O6/c1-13(18(26)23-21(29)22-14-7-3-2-4-8-14)30-17(25)11-12-24-19(27)15-9-5-6-10-16(15)20(24)28/h13-16H,2-12H2,1H3,(H2,22,23,26,29)/t13-,15+,16+/m1/s1. The van der Waals surface area contributed by atoms with E-state index in [0.717, 1.165) is 62.7 Å². The lowest BCUT2D eigenvalue weighted by Gasteiger charge is -2.23. The minimum Gasteiger partial charge on any atom is -0.452 e. The summed E-state index contributed by atoms with van der Waals surface area (Å²) in [5.41, 5.74) is 0. The molecule has 30 heavy (non-hydrogen) atoms. The van der Waals surface area contributed by atoms with Crippen molar-refractivity contribution in [2.75, 3.05) is 6.54 Å². The molecule has 2 N–H and O–H groups in total. The molecule has 1 saturated heterocycles. The zero-order chi connectivity index (χ0) is 21.7. The molecular formula is C21H31N3O6. The Bertz CT molecular complexity index is 679. The minimum absolute atomic E-state index is 0.0417. The molecule has 9 heteroatoms. The fourth-order valence-corrected chi connectivity index (χ4v) is 4.65. The Balaban J connectivity index is 1.39. The molecule has 3 atom stereocenters. The number of nitrogens with zero attached hydrogens (tertiary/aromatic N) is 1. The number of imide groups is 2. The Morgan fingerprint density at radius 2 is 1.53 bits per heavy atom. The van der Waals surface area contributed by atoms with Crippen molar-refractivity contribution in [1.29, 1.82) is 0 Å². The first-order valence-electron chi connectivity index (χ1n) is 11.0. The van der Waals surface area contributed by atoms with Crippen LogP contribution in [0.25, 0.3) is 0 Å². The van der Waals surface area contributed by atoms with Gasteiger partial charge in [-0.1, -0.05) is 32.1 Å². The predicted molar refractivity (Wildman–Crippen MR) is 106 cm³/mol. The number of urea groups is 1. The van der Waals surface area contributed by atoms with E-state index < -0.39 is 24.0 Å². The largest absolute Gasteiger partial charge is 0.452 e. The first-order valence-corrected chi connectivity index (χ1v) is 11.0. The minimum atomic E-state index is -1.15. The van der Waals surface area contributed by atoms with Crippen molar-refractivity contribution in [1.82, 2.24) is 15.5 Å². The third-order valence-electron chi connectivity index (χ3n) is 6.33. The Kier molecular flexibility index (Phi) is 7.44. The second kappa shape index (κ2) is 10.0. The maximum absolute atomic E-state index is 12.4. The highest BCUT2D eigenvalue weighted by Gasteiger charge is 2.47. The molecule has 0 aromatic carbocycles. The SMILES string of the molecule is C[C@@H](OC(=O)CCN1C(=O)[C@H]2CCCC[C@@H]2C1=O)C(=O)NC(=O)NC1CCCCC1. The predicted octanol–water partition coefficient (Wildman–Crippen LogP) is 1.64. The third kappa shape index (κ3) is 5.37. The Morgan fingerprint density at radius 1 is 0.967 bits per heavy atom. The molecule has 0 radical (unpaired) electrons. The summed E-state index contributed by atoms with van der Waals surface area (Å²) in [7, 11) is 0. The van der Waals surface area contributed by atoms with E-state index in [1.807, 2.05) is 0 Å². The number of esters is 1. The van der Waals surface area contributed by atoms with Crippen LogP contribution in [0.3, 0.4) is 0 Å². The first-order chi connectivity index (χ1) is 14.4. The van der Waals surface area contributed by atoms with E-state index in [-0.39, 0.29) is 42.7 Å². The summed E-state index contributed by atoms with van der Waals surface area (Å²) in [5, 5.41) is 4.95. The lowest BCUT2D eigenvalue weighted by molar-refractivity contribution is -0.155. The van der Waals surface area contributed by atoms with Crippen LogP contribution in [-0.2, 0) is 23.9 Å². The fourth-order valence-electron chi connectivity index (χ4n) is 4.65. The number of amides is 5. The molecule has 0 aromatic rings. The number of hydrogen-bond donors (Lipinski definition) is 2. The van der Waals surface area contributed by atoms with Crippen molar-refractivity contribution in [2.24, 2.45) is 11.8 Å². The average Bonchev–Trinajstić information content (AvgIpc) is 2.97. The number of nitrogens with one attached hydrogen (secondary N) is 2. The highest BCUT2D eigenvalue weighted by atomic mass is 16.5. The monoisotopic (exact) mass is 421 g/mol. The van der Waals surface area contributed by atoms with Crippen molar-refractivity contribution >= 4 is 29.7 Å². The van der Waals surface area contributed by atoms with E-state index in [0.29, 0.717) is 0 Å². The second-order valence-corrected chi connectivity index (χ2v) is 8.51. The van der Waals surface area contributed by atoms with Gasteiger partial charge in [0.2, 0.25) is 11.8 Å². The molecule has 0 unspecified atom stereocenters. The normalized spacial score (nSPS) is 25.4. The van der Waals surface area contributed by atoms with Crippen molar-refractivity contribution < 1.29 is 28.7 Å². The zero-order valence-corrected chi connectivity index (χ0v) is 17.5. The van der Waals surface area contributed by atoms with Gasteiger partial charge < -0.3 is 10.1 Å². The molecule has 5 amide bonds. The molecule has 3 aliphatic rings. The molecule has 166 valence electrons. The van der Waals surface area contributed by atoms with E-state index in [1.54, 1.807) is 0 Å². The van der Waals surface area contributed by atoms with Crippen LogP contribution >= 0.6 is 0 Å². The highest BCUT2D eigenvalue weighted by Crippen LogP contribution is 2.37. The smallest absolute Gasteiger partial charge is 0.321 e. The summed E-state index contributed by atoms with van der Waals surface area (Å²) in [6.45, 7) is 1.34. The summed E-state index contributed by atoms with van der Waals surface area (Å²) >= 11 is 0. The number of rotatable bonds is 6. The molecule has 1 aliphatic heterocycles. The van der Waals surface area contributed by atoms with E-state index in [4.69, 9.17) is 4.74 Å². The van der Waals surface area contributed by atoms with Crippen molar-refractivity contribution in [3.05, 3.63) is 0 Å². The molecule has 3 fully saturated rings. The topological polar surface area (TPSA) is 122 Å². The van der Waals surface area contributed by atoms with E-state index in [2.05, 4.69) is 10.6 Å². The number of ether oxygens (including phenoxy) is 1. The van der Waals surface area contributed by atoms with Crippen LogP contribution in [0.5, 0.6) is 0 Å². The molecule has 2 saturated carbocycles. The van der Waals surface area contributed by atoms with E-state index >= 15 is 0 Å². The van der Waals surface area contributed by atoms with Crippen LogP contribution < -0.4 is 10.6 Å². The molecular weight excluding hydrogens is 390 g/mol. The molecule has 9 nitrogen and oxygen atoms in total. The summed E-state index contributed by atoms with van der Waals surface area (Å²) in [4.78, 5) is 62.1. The quantitative estimate of drug-likeness (QED) is 0.497. The van der Waals surface area contributed by atoms with Gasteiger partial charge in [0.1, 0.15) is 0 Å². The Hall–Kier alpha value is -2.45. The third-order valence-corrected chi connectivity index (χ3v) is 6.33.